The van der Waals surface area contributed by atoms with Gasteiger partial charge in [0, 0.05) is 36.2 Å². The number of likely N-dealkylation sites (N-methyl/N-ethyl adjacent to an activating group) is 1. The zero-order valence-corrected chi connectivity index (χ0v) is 12.4. The van der Waals surface area contributed by atoms with Crippen molar-refractivity contribution < 1.29 is 0 Å². The number of nitrogens with two attached hydrogens (primary N) is 1. The number of halogens is 1. The number of nitrogens with zero attached hydrogens (tertiary/aromatic N) is 2. The Balaban J connectivity index is 1.80. The molecule has 1 aromatic carbocycles. The first-order valence-electron chi connectivity index (χ1n) is 6.61. The smallest absolute Gasteiger partial charge is 0.0511 e. The lowest BCUT2D eigenvalue weighted by Gasteiger charge is -2.34. The van der Waals surface area contributed by atoms with Crippen LogP contribution in [-0.2, 0) is 5.54 Å². The van der Waals surface area contributed by atoms with Gasteiger partial charge in [-0.25, -0.2) is 0 Å². The number of piperazine rings is 1. The lowest BCUT2D eigenvalue weighted by atomic mass is 10.1. The van der Waals surface area contributed by atoms with Crippen LogP contribution in [0.3, 0.4) is 0 Å². The molecule has 0 atom stereocenters. The topological polar surface area (TPSA) is 32.5 Å². The minimum Gasteiger partial charge on any atom is -0.368 e. The molecule has 0 spiro atoms. The molecule has 0 bridgehead atoms. The van der Waals surface area contributed by atoms with E-state index >= 15 is 0 Å². The highest BCUT2D eigenvalue weighted by Gasteiger charge is 2.40. The first kappa shape index (κ1) is 12.5. The van der Waals surface area contributed by atoms with Crippen LogP contribution in [0.5, 0.6) is 0 Å². The Labute approximate surface area is 117 Å². The van der Waals surface area contributed by atoms with E-state index in [1.54, 1.807) is 0 Å². The van der Waals surface area contributed by atoms with Gasteiger partial charge in [0.1, 0.15) is 0 Å². The van der Waals surface area contributed by atoms with Crippen LogP contribution in [0.4, 0.5) is 5.69 Å². The maximum atomic E-state index is 6.24. The number of hydrogen-bond acceptors (Lipinski definition) is 3. The Morgan fingerprint density at radius 3 is 2.39 bits per heavy atom. The van der Waals surface area contributed by atoms with Crippen LogP contribution >= 0.6 is 15.9 Å². The fraction of sp³-hybridized carbons (Fsp3) is 0.571. The maximum Gasteiger partial charge on any atom is 0.0511 e. The normalized spacial score (nSPS) is 23.2. The molecule has 0 unspecified atom stereocenters. The molecule has 1 saturated heterocycles. The molecule has 0 radical (unpaired) electrons. The van der Waals surface area contributed by atoms with Crippen molar-refractivity contribution in [2.24, 2.45) is 5.73 Å². The third-order valence-electron chi connectivity index (χ3n) is 4.16. The lowest BCUT2D eigenvalue weighted by Crippen LogP contribution is -2.44. The SMILES string of the molecule is CN1CCN(c2ccc(C3(N)CC3)cc2Br)CC1. The Hall–Kier alpha value is -0.580. The van der Waals surface area contributed by atoms with Gasteiger partial charge < -0.3 is 15.5 Å². The summed E-state index contributed by atoms with van der Waals surface area (Å²) in [6, 6.07) is 6.63. The maximum absolute atomic E-state index is 6.24. The molecular weight excluding hydrogens is 290 g/mol. The highest BCUT2D eigenvalue weighted by molar-refractivity contribution is 9.10. The zero-order valence-electron chi connectivity index (χ0n) is 10.8. The van der Waals surface area contributed by atoms with Gasteiger partial charge in [-0.3, -0.25) is 0 Å². The third kappa shape index (κ3) is 2.29. The molecule has 98 valence electrons. The van der Waals surface area contributed by atoms with Gasteiger partial charge in [-0.1, -0.05) is 6.07 Å². The largest absolute Gasteiger partial charge is 0.368 e. The summed E-state index contributed by atoms with van der Waals surface area (Å²) in [6.07, 6.45) is 2.24. The van der Waals surface area contributed by atoms with Gasteiger partial charge in [-0.15, -0.1) is 0 Å². The highest BCUT2D eigenvalue weighted by Crippen LogP contribution is 2.44. The molecule has 1 heterocycles. The van der Waals surface area contributed by atoms with Crippen molar-refractivity contribution in [1.29, 1.82) is 0 Å². The predicted octanol–water partition coefficient (Wildman–Crippen LogP) is 2.15. The Kier molecular flexibility index (Phi) is 3.12. The molecule has 4 heteroatoms. The quantitative estimate of drug-likeness (QED) is 0.908. The molecule has 2 N–H and O–H groups in total. The van der Waals surface area contributed by atoms with Crippen molar-refractivity contribution in [2.75, 3.05) is 38.1 Å². The standard InChI is InChI=1S/C14H20BrN3/c1-17-6-8-18(9-7-17)13-3-2-11(10-12(13)15)14(16)4-5-14/h2-3,10H,4-9,16H2,1H3. The van der Waals surface area contributed by atoms with Crippen LogP contribution < -0.4 is 10.6 Å². The van der Waals surface area contributed by atoms with Gasteiger partial charge >= 0.3 is 0 Å². The molecule has 0 amide bonds. The summed E-state index contributed by atoms with van der Waals surface area (Å²) in [5.41, 5.74) is 8.78. The Bertz CT molecular complexity index is 448. The van der Waals surface area contributed by atoms with E-state index in [1.165, 1.54) is 15.7 Å². The molecule has 2 aliphatic rings. The average Bonchev–Trinajstić information content (AvgIpc) is 3.10. The van der Waals surface area contributed by atoms with Gasteiger partial charge in [0.2, 0.25) is 0 Å². The van der Waals surface area contributed by atoms with Crippen molar-refractivity contribution >= 4 is 21.6 Å². The van der Waals surface area contributed by atoms with Gasteiger partial charge in [-0.2, -0.15) is 0 Å². The Morgan fingerprint density at radius 1 is 1.17 bits per heavy atom. The minimum absolute atomic E-state index is 0.0385. The second kappa shape index (κ2) is 4.51. The molecule has 1 aromatic rings. The van der Waals surface area contributed by atoms with E-state index in [0.29, 0.717) is 0 Å². The Morgan fingerprint density at radius 2 is 1.83 bits per heavy atom. The van der Waals surface area contributed by atoms with E-state index in [-0.39, 0.29) is 5.54 Å². The van der Waals surface area contributed by atoms with Crippen LogP contribution in [0.2, 0.25) is 0 Å². The second-order valence-corrected chi connectivity index (χ2v) is 6.47. The summed E-state index contributed by atoms with van der Waals surface area (Å²) in [4.78, 5) is 4.82. The number of rotatable bonds is 2. The van der Waals surface area contributed by atoms with Crippen molar-refractivity contribution in [2.45, 2.75) is 18.4 Å². The van der Waals surface area contributed by atoms with Crippen LogP contribution in [0.1, 0.15) is 18.4 Å². The van der Waals surface area contributed by atoms with Gasteiger partial charge in [0.25, 0.3) is 0 Å². The van der Waals surface area contributed by atoms with Crippen molar-refractivity contribution in [3.8, 4) is 0 Å². The van der Waals surface area contributed by atoms with Crippen molar-refractivity contribution in [3.63, 3.8) is 0 Å². The summed E-state index contributed by atoms with van der Waals surface area (Å²) in [6.45, 7) is 4.47. The van der Waals surface area contributed by atoms with E-state index in [2.05, 4.69) is 51.0 Å². The summed E-state index contributed by atoms with van der Waals surface area (Å²) in [7, 11) is 2.18. The van der Waals surface area contributed by atoms with E-state index in [0.717, 1.165) is 39.0 Å². The molecule has 1 aliphatic heterocycles. The first-order valence-corrected chi connectivity index (χ1v) is 7.40. The zero-order chi connectivity index (χ0) is 12.8. The number of benzene rings is 1. The van der Waals surface area contributed by atoms with E-state index < -0.39 is 0 Å². The molecule has 3 rings (SSSR count). The molecule has 0 aromatic heterocycles. The predicted molar refractivity (Wildman–Crippen MR) is 79.0 cm³/mol. The van der Waals surface area contributed by atoms with Crippen LogP contribution in [0, 0.1) is 0 Å². The van der Waals surface area contributed by atoms with E-state index in [4.69, 9.17) is 5.73 Å². The molecule has 3 nitrogen and oxygen atoms in total. The molecular formula is C14H20BrN3. The monoisotopic (exact) mass is 309 g/mol. The second-order valence-electron chi connectivity index (χ2n) is 5.61. The van der Waals surface area contributed by atoms with E-state index in [1.807, 2.05) is 0 Å². The van der Waals surface area contributed by atoms with Crippen LogP contribution in [0.15, 0.2) is 22.7 Å². The van der Waals surface area contributed by atoms with Gasteiger partial charge in [0.15, 0.2) is 0 Å². The fourth-order valence-electron chi connectivity index (χ4n) is 2.54. The van der Waals surface area contributed by atoms with Crippen molar-refractivity contribution in [1.82, 2.24) is 4.90 Å². The molecule has 1 saturated carbocycles. The average molecular weight is 310 g/mol. The number of hydrogen-bond donors (Lipinski definition) is 1. The lowest BCUT2D eigenvalue weighted by molar-refractivity contribution is 0.312. The summed E-state index contributed by atoms with van der Waals surface area (Å²) in [5.74, 6) is 0. The summed E-state index contributed by atoms with van der Waals surface area (Å²) in [5, 5.41) is 0. The summed E-state index contributed by atoms with van der Waals surface area (Å²) < 4.78 is 1.18. The molecule has 1 aliphatic carbocycles. The van der Waals surface area contributed by atoms with Crippen molar-refractivity contribution in [3.05, 3.63) is 28.2 Å². The van der Waals surface area contributed by atoms with E-state index in [9.17, 15) is 0 Å². The molecule has 18 heavy (non-hydrogen) atoms. The third-order valence-corrected chi connectivity index (χ3v) is 4.79. The van der Waals surface area contributed by atoms with Crippen LogP contribution in [-0.4, -0.2) is 38.1 Å². The fourth-order valence-corrected chi connectivity index (χ4v) is 3.17. The highest BCUT2D eigenvalue weighted by atomic mass is 79.9. The van der Waals surface area contributed by atoms with Gasteiger partial charge in [-0.05, 0) is 53.5 Å². The first-order chi connectivity index (χ1) is 8.58. The summed E-state index contributed by atoms with van der Waals surface area (Å²) >= 11 is 3.71. The number of anilines is 1. The molecule has 2 fully saturated rings. The van der Waals surface area contributed by atoms with Gasteiger partial charge in [0.05, 0.1) is 5.69 Å². The minimum atomic E-state index is -0.0385. The van der Waals surface area contributed by atoms with Crippen LogP contribution in [0.25, 0.3) is 0 Å².